The number of para-hydroxylation sites is 2. The number of nitrogens with zero attached hydrogens (tertiary/aromatic N) is 3. The molecule has 0 saturated heterocycles. The van der Waals surface area contributed by atoms with Gasteiger partial charge in [0.05, 0.1) is 16.7 Å². The van der Waals surface area contributed by atoms with E-state index in [0.717, 1.165) is 55.7 Å². The minimum atomic E-state index is 0.620. The molecule has 0 aliphatic heterocycles. The zero-order chi connectivity index (χ0) is 36.3. The average molecular weight is 704 g/mol. The standard InChI is InChI=1S/C51H33N3O/c1-3-14-36(15-4-1)51-52-46-31-30-43-44(50(46)55-51)22-12-24-47(43)53(38-27-25-35(26-28-38)41-21-11-16-34-13-7-8-19-40(34)41)39-29-32-49-45(33-39)42-20-9-10-23-48(42)54(49)37-17-5-2-6-18-37/h1-33H. The molecular weight excluding hydrogens is 671 g/mol. The molecule has 0 aliphatic rings. The number of anilines is 3. The zero-order valence-electron chi connectivity index (χ0n) is 29.8. The summed E-state index contributed by atoms with van der Waals surface area (Å²) in [7, 11) is 0. The zero-order valence-corrected chi connectivity index (χ0v) is 29.8. The van der Waals surface area contributed by atoms with Crippen molar-refractivity contribution >= 4 is 71.5 Å². The van der Waals surface area contributed by atoms with Crippen molar-refractivity contribution in [2.45, 2.75) is 0 Å². The minimum absolute atomic E-state index is 0.620. The van der Waals surface area contributed by atoms with Gasteiger partial charge in [0, 0.05) is 44.2 Å². The molecule has 0 aliphatic carbocycles. The quantitative estimate of drug-likeness (QED) is 0.173. The summed E-state index contributed by atoms with van der Waals surface area (Å²) < 4.78 is 8.89. The molecule has 0 unspecified atom stereocenters. The predicted molar refractivity (Wildman–Crippen MR) is 229 cm³/mol. The second kappa shape index (κ2) is 12.6. The Balaban J connectivity index is 1.13. The smallest absolute Gasteiger partial charge is 0.227 e. The third-order valence-electron chi connectivity index (χ3n) is 10.8. The maximum absolute atomic E-state index is 6.53. The van der Waals surface area contributed by atoms with E-state index in [9.17, 15) is 0 Å². The van der Waals surface area contributed by atoms with Gasteiger partial charge in [-0.25, -0.2) is 4.98 Å². The fourth-order valence-corrected chi connectivity index (χ4v) is 8.28. The number of hydrogen-bond donors (Lipinski definition) is 0. The first-order valence-electron chi connectivity index (χ1n) is 18.6. The van der Waals surface area contributed by atoms with Crippen LogP contribution in [0.5, 0.6) is 0 Å². The number of benzene rings is 9. The lowest BCUT2D eigenvalue weighted by molar-refractivity contribution is 0.623. The van der Waals surface area contributed by atoms with Crippen LogP contribution in [0, 0.1) is 0 Å². The van der Waals surface area contributed by atoms with E-state index < -0.39 is 0 Å². The van der Waals surface area contributed by atoms with Crippen LogP contribution in [0.4, 0.5) is 17.1 Å². The van der Waals surface area contributed by atoms with E-state index in [-0.39, 0.29) is 0 Å². The number of hydrogen-bond acceptors (Lipinski definition) is 3. The van der Waals surface area contributed by atoms with Gasteiger partial charge < -0.3 is 13.9 Å². The maximum atomic E-state index is 6.53. The third-order valence-corrected chi connectivity index (χ3v) is 10.8. The lowest BCUT2D eigenvalue weighted by Gasteiger charge is -2.27. The van der Waals surface area contributed by atoms with Crippen molar-refractivity contribution in [3.63, 3.8) is 0 Å². The maximum Gasteiger partial charge on any atom is 0.227 e. The van der Waals surface area contributed by atoms with Crippen LogP contribution >= 0.6 is 0 Å². The number of aromatic nitrogens is 2. The van der Waals surface area contributed by atoms with E-state index >= 15 is 0 Å². The van der Waals surface area contributed by atoms with Crippen molar-refractivity contribution in [1.29, 1.82) is 0 Å². The van der Waals surface area contributed by atoms with Gasteiger partial charge in [-0.2, -0.15) is 0 Å². The van der Waals surface area contributed by atoms with Gasteiger partial charge in [-0.05, 0) is 101 Å². The van der Waals surface area contributed by atoms with Crippen LogP contribution in [0.25, 0.3) is 82.7 Å². The molecule has 0 N–H and O–H groups in total. The van der Waals surface area contributed by atoms with Crippen molar-refractivity contribution in [2.75, 3.05) is 4.90 Å². The van der Waals surface area contributed by atoms with E-state index in [1.807, 2.05) is 30.3 Å². The molecule has 0 amide bonds. The Bertz CT molecular complexity index is 3190. The highest BCUT2D eigenvalue weighted by atomic mass is 16.3. The third kappa shape index (κ3) is 5.11. The molecule has 0 fully saturated rings. The van der Waals surface area contributed by atoms with Gasteiger partial charge in [-0.1, -0.05) is 121 Å². The van der Waals surface area contributed by atoms with Gasteiger partial charge >= 0.3 is 0 Å². The van der Waals surface area contributed by atoms with Gasteiger partial charge in [-0.15, -0.1) is 0 Å². The molecule has 4 nitrogen and oxygen atoms in total. The molecule has 258 valence electrons. The van der Waals surface area contributed by atoms with Crippen LogP contribution in [-0.2, 0) is 0 Å². The fourth-order valence-electron chi connectivity index (χ4n) is 8.28. The van der Waals surface area contributed by atoms with Crippen molar-refractivity contribution in [3.05, 3.63) is 200 Å². The van der Waals surface area contributed by atoms with Gasteiger partial charge in [0.1, 0.15) is 5.52 Å². The first-order chi connectivity index (χ1) is 27.3. The van der Waals surface area contributed by atoms with Gasteiger partial charge in [0.2, 0.25) is 5.89 Å². The molecule has 2 heterocycles. The Kier molecular flexibility index (Phi) is 7.14. The van der Waals surface area contributed by atoms with Crippen LogP contribution < -0.4 is 4.90 Å². The molecule has 2 aromatic heterocycles. The normalized spacial score (nSPS) is 11.6. The minimum Gasteiger partial charge on any atom is -0.435 e. The van der Waals surface area contributed by atoms with Crippen molar-refractivity contribution in [3.8, 4) is 28.3 Å². The molecule has 55 heavy (non-hydrogen) atoms. The van der Waals surface area contributed by atoms with E-state index in [1.54, 1.807) is 0 Å². The summed E-state index contributed by atoms with van der Waals surface area (Å²) in [6, 6.07) is 71.1. The van der Waals surface area contributed by atoms with Gasteiger partial charge in [-0.3, -0.25) is 0 Å². The van der Waals surface area contributed by atoms with Crippen molar-refractivity contribution in [2.24, 2.45) is 0 Å². The molecule has 9 aromatic carbocycles. The van der Waals surface area contributed by atoms with Crippen LogP contribution in [0.3, 0.4) is 0 Å². The molecule has 0 bridgehead atoms. The van der Waals surface area contributed by atoms with E-state index in [2.05, 4.69) is 179 Å². The predicted octanol–water partition coefficient (Wildman–Crippen LogP) is 14.0. The lowest BCUT2D eigenvalue weighted by Crippen LogP contribution is -2.10. The number of rotatable bonds is 6. The first kappa shape index (κ1) is 31.1. The Hall–Kier alpha value is -7.43. The van der Waals surface area contributed by atoms with Gasteiger partial charge in [0.15, 0.2) is 5.58 Å². The molecule has 0 spiro atoms. The Morgan fingerprint density at radius 2 is 1.11 bits per heavy atom. The highest BCUT2D eigenvalue weighted by Gasteiger charge is 2.21. The molecule has 11 aromatic rings. The summed E-state index contributed by atoms with van der Waals surface area (Å²) in [6.45, 7) is 0. The van der Waals surface area contributed by atoms with Crippen molar-refractivity contribution in [1.82, 2.24) is 9.55 Å². The van der Waals surface area contributed by atoms with Crippen LogP contribution in [0.15, 0.2) is 205 Å². The Labute approximate surface area is 317 Å². The molecule has 0 radical (unpaired) electrons. The highest BCUT2D eigenvalue weighted by Crippen LogP contribution is 2.44. The van der Waals surface area contributed by atoms with Crippen LogP contribution in [-0.4, -0.2) is 9.55 Å². The summed E-state index contributed by atoms with van der Waals surface area (Å²) in [6.07, 6.45) is 0. The van der Waals surface area contributed by atoms with Gasteiger partial charge in [0.25, 0.3) is 0 Å². The monoisotopic (exact) mass is 703 g/mol. The summed E-state index contributed by atoms with van der Waals surface area (Å²) >= 11 is 0. The summed E-state index contributed by atoms with van der Waals surface area (Å²) in [5, 5.41) is 6.98. The molecule has 0 atom stereocenters. The summed E-state index contributed by atoms with van der Waals surface area (Å²) in [5.74, 6) is 0.620. The number of oxazole rings is 1. The molecular formula is C51H33N3O. The summed E-state index contributed by atoms with van der Waals surface area (Å²) in [4.78, 5) is 7.27. The second-order valence-corrected chi connectivity index (χ2v) is 14.0. The molecule has 11 rings (SSSR count). The van der Waals surface area contributed by atoms with E-state index in [0.29, 0.717) is 5.89 Å². The van der Waals surface area contributed by atoms with Crippen LogP contribution in [0.2, 0.25) is 0 Å². The topological polar surface area (TPSA) is 34.2 Å². The van der Waals surface area contributed by atoms with Crippen molar-refractivity contribution < 1.29 is 4.42 Å². The van der Waals surface area contributed by atoms with E-state index in [1.165, 1.54) is 38.2 Å². The lowest BCUT2D eigenvalue weighted by atomic mass is 9.98. The van der Waals surface area contributed by atoms with E-state index in [4.69, 9.17) is 9.40 Å². The Morgan fingerprint density at radius 3 is 1.96 bits per heavy atom. The average Bonchev–Trinajstić information content (AvgIpc) is 3.85. The fraction of sp³-hybridized carbons (Fsp3) is 0. The summed E-state index contributed by atoms with van der Waals surface area (Å²) in [5.41, 5.74) is 11.6. The number of fused-ring (bicyclic) bond motifs is 7. The highest BCUT2D eigenvalue weighted by molar-refractivity contribution is 6.13. The molecule has 4 heteroatoms. The van der Waals surface area contributed by atoms with Crippen LogP contribution in [0.1, 0.15) is 0 Å². The second-order valence-electron chi connectivity index (χ2n) is 14.0. The molecule has 0 saturated carbocycles. The largest absolute Gasteiger partial charge is 0.435 e. The Morgan fingerprint density at radius 1 is 0.436 bits per heavy atom. The first-order valence-corrected chi connectivity index (χ1v) is 18.6. The SMILES string of the molecule is c1ccc(-c2nc3ccc4c(N(c5ccc(-c6cccc7ccccc67)cc5)c5ccc6c(c5)c5ccccc5n6-c5ccccc5)cccc4c3o2)cc1.